The predicted molar refractivity (Wildman–Crippen MR) is 122 cm³/mol. The summed E-state index contributed by atoms with van der Waals surface area (Å²) in [5.74, 6) is -0.914. The van der Waals surface area contributed by atoms with Gasteiger partial charge < -0.3 is 19.2 Å². The Morgan fingerprint density at radius 1 is 1.23 bits per heavy atom. The lowest BCUT2D eigenvalue weighted by molar-refractivity contribution is -0.148. The van der Waals surface area contributed by atoms with Gasteiger partial charge in [0, 0.05) is 31.7 Å². The molecule has 2 amide bonds. The van der Waals surface area contributed by atoms with E-state index in [1.54, 1.807) is 17.9 Å². The van der Waals surface area contributed by atoms with Crippen LogP contribution in [0.4, 0.5) is 4.79 Å². The molecule has 1 aliphatic carbocycles. The van der Waals surface area contributed by atoms with Gasteiger partial charge in [-0.1, -0.05) is 29.4 Å². The molecule has 2 fully saturated rings. The summed E-state index contributed by atoms with van der Waals surface area (Å²) in [4.78, 5) is 46.2. The number of fused-ring (bicyclic) bond motifs is 3. The summed E-state index contributed by atoms with van der Waals surface area (Å²) < 4.78 is 10.5. The van der Waals surface area contributed by atoms with Gasteiger partial charge in [-0.2, -0.15) is 5.10 Å². The first-order valence-corrected chi connectivity index (χ1v) is 11.8. The number of hydrogen-bond acceptors (Lipinski definition) is 8. The van der Waals surface area contributed by atoms with E-state index in [-0.39, 0.29) is 42.5 Å². The van der Waals surface area contributed by atoms with Crippen molar-refractivity contribution in [3.05, 3.63) is 53.3 Å². The number of aromatic nitrogens is 2. The molecule has 11 heteroatoms. The van der Waals surface area contributed by atoms with Crippen LogP contribution in [0.2, 0.25) is 0 Å². The van der Waals surface area contributed by atoms with E-state index < -0.39 is 12.6 Å². The molecule has 0 spiro atoms. The average molecular weight is 482 g/mol. The monoisotopic (exact) mass is 481 g/mol. The number of hydrogen-bond donors (Lipinski definition) is 1. The van der Waals surface area contributed by atoms with E-state index in [0.717, 1.165) is 12.0 Å². The molecule has 11 nitrogen and oxygen atoms in total. The molecule has 2 aromatic rings. The Labute approximate surface area is 202 Å². The van der Waals surface area contributed by atoms with Gasteiger partial charge in [-0.05, 0) is 37.0 Å². The number of aromatic amines is 1. The Morgan fingerprint density at radius 3 is 2.77 bits per heavy atom. The van der Waals surface area contributed by atoms with Crippen molar-refractivity contribution in [2.45, 2.75) is 44.4 Å². The Balaban J connectivity index is 1.25. The summed E-state index contributed by atoms with van der Waals surface area (Å²) in [7, 11) is 0. The van der Waals surface area contributed by atoms with Crippen LogP contribution in [0, 0.1) is 0 Å². The Bertz CT molecular complexity index is 1130. The maximum atomic E-state index is 13.3. The summed E-state index contributed by atoms with van der Waals surface area (Å²) >= 11 is 0. The number of amides is 2. The van der Waals surface area contributed by atoms with Crippen molar-refractivity contribution in [3.8, 4) is 0 Å². The fraction of sp³-hybridized carbons (Fsp3) is 0.458. The van der Waals surface area contributed by atoms with Crippen LogP contribution in [0.3, 0.4) is 0 Å². The summed E-state index contributed by atoms with van der Waals surface area (Å²) in [6, 6.07) is 9.65. The summed E-state index contributed by atoms with van der Waals surface area (Å²) in [5.41, 5.74) is 2.77. The van der Waals surface area contributed by atoms with E-state index >= 15 is 0 Å². The number of oxime groups is 1. The van der Waals surface area contributed by atoms with Crippen molar-refractivity contribution in [3.63, 3.8) is 0 Å². The Hall–Kier alpha value is -3.89. The highest BCUT2D eigenvalue weighted by Gasteiger charge is 2.50. The lowest BCUT2D eigenvalue weighted by atomic mass is 9.98. The number of carbonyl (C=O) groups is 3. The molecule has 0 saturated carbocycles. The third-order valence-corrected chi connectivity index (χ3v) is 6.66. The third-order valence-electron chi connectivity index (χ3n) is 6.66. The van der Waals surface area contributed by atoms with Gasteiger partial charge in [0.15, 0.2) is 5.71 Å². The lowest BCUT2D eigenvalue weighted by Gasteiger charge is -2.37. The second-order valence-corrected chi connectivity index (χ2v) is 8.69. The molecule has 2 saturated heterocycles. The topological polar surface area (TPSA) is 126 Å². The maximum absolute atomic E-state index is 13.3. The summed E-state index contributed by atoms with van der Waals surface area (Å²) in [5, 5.41) is 10.5. The van der Waals surface area contributed by atoms with E-state index in [0.29, 0.717) is 31.6 Å². The highest BCUT2D eigenvalue weighted by molar-refractivity contribution is 6.44. The van der Waals surface area contributed by atoms with Crippen molar-refractivity contribution >= 4 is 23.7 Å². The Kier molecular flexibility index (Phi) is 6.39. The van der Waals surface area contributed by atoms with E-state index in [1.165, 1.54) is 11.8 Å². The van der Waals surface area contributed by atoms with Crippen LogP contribution in [-0.2, 0) is 30.3 Å². The van der Waals surface area contributed by atoms with Gasteiger partial charge >= 0.3 is 12.1 Å². The van der Waals surface area contributed by atoms with Crippen LogP contribution in [0.15, 0.2) is 41.7 Å². The molecule has 0 radical (unpaired) electrons. The van der Waals surface area contributed by atoms with E-state index in [1.807, 2.05) is 17.0 Å². The number of rotatable bonds is 7. The first kappa shape index (κ1) is 22.9. The fourth-order valence-electron chi connectivity index (χ4n) is 5.09. The van der Waals surface area contributed by atoms with E-state index in [2.05, 4.69) is 27.5 Å². The standard InChI is InChI=1S/C24H27N5O6/c1-2-33-20(30)14-34-27-21(18-7-10-25-26-18)23(31)28-11-8-16(9-12-28)29-22-17-6-4-3-5-15(17)13-19(22)35-24(29)32/h3-7,10,16,19,22H,2,8-9,11-14H2,1H3,(H,25,26). The molecule has 2 unspecified atom stereocenters. The van der Waals surface area contributed by atoms with Crippen molar-refractivity contribution in [2.24, 2.45) is 5.16 Å². The first-order valence-electron chi connectivity index (χ1n) is 11.8. The van der Waals surface area contributed by atoms with E-state index in [4.69, 9.17) is 14.3 Å². The molecule has 3 heterocycles. The zero-order valence-corrected chi connectivity index (χ0v) is 19.4. The molecule has 1 aromatic heterocycles. The van der Waals surface area contributed by atoms with Crippen LogP contribution in [0.5, 0.6) is 0 Å². The second kappa shape index (κ2) is 9.77. The number of nitrogens with zero attached hydrogens (tertiary/aromatic N) is 4. The third kappa shape index (κ3) is 4.45. The summed E-state index contributed by atoms with van der Waals surface area (Å²) in [6.45, 7) is 2.40. The molecule has 3 aliphatic rings. The van der Waals surface area contributed by atoms with Crippen molar-refractivity contribution in [1.82, 2.24) is 20.0 Å². The zero-order valence-electron chi connectivity index (χ0n) is 19.4. The number of piperidine rings is 1. The Morgan fingerprint density at radius 2 is 2.03 bits per heavy atom. The van der Waals surface area contributed by atoms with Crippen LogP contribution in [0.1, 0.15) is 42.6 Å². The van der Waals surface area contributed by atoms with E-state index in [9.17, 15) is 14.4 Å². The lowest BCUT2D eigenvalue weighted by Crippen LogP contribution is -2.49. The van der Waals surface area contributed by atoms with Gasteiger partial charge in [0.25, 0.3) is 5.91 Å². The number of nitrogens with one attached hydrogen (secondary N) is 1. The molecule has 35 heavy (non-hydrogen) atoms. The number of carbonyl (C=O) groups excluding carboxylic acids is 3. The van der Waals surface area contributed by atoms with Crippen LogP contribution in [0.25, 0.3) is 0 Å². The van der Waals surface area contributed by atoms with Crippen molar-refractivity contribution in [2.75, 3.05) is 26.3 Å². The van der Waals surface area contributed by atoms with Crippen LogP contribution < -0.4 is 0 Å². The zero-order chi connectivity index (χ0) is 24.4. The molecule has 5 rings (SSSR count). The smallest absolute Gasteiger partial charge is 0.411 e. The molecule has 2 atom stereocenters. The minimum atomic E-state index is -0.572. The minimum Gasteiger partial charge on any atom is -0.463 e. The first-order chi connectivity index (χ1) is 17.1. The molecule has 2 aliphatic heterocycles. The molecule has 1 N–H and O–H groups in total. The summed E-state index contributed by atoms with van der Waals surface area (Å²) in [6.07, 6.45) is 3.03. The van der Waals surface area contributed by atoms with Crippen LogP contribution in [-0.4, -0.2) is 82.1 Å². The largest absolute Gasteiger partial charge is 0.463 e. The highest BCUT2D eigenvalue weighted by atomic mass is 16.7. The average Bonchev–Trinajstić information content (AvgIpc) is 3.58. The van der Waals surface area contributed by atoms with Gasteiger partial charge in [-0.15, -0.1) is 0 Å². The van der Waals surface area contributed by atoms with Crippen molar-refractivity contribution in [1.29, 1.82) is 0 Å². The number of likely N-dealkylation sites (tertiary alicyclic amines) is 1. The predicted octanol–water partition coefficient (Wildman–Crippen LogP) is 1.80. The quantitative estimate of drug-likeness (QED) is 0.363. The molecule has 1 aromatic carbocycles. The number of ether oxygens (including phenoxy) is 2. The SMILES string of the molecule is CCOC(=O)CON=C(C(=O)N1CCC(N2C(=O)OC3Cc4ccccc4C32)CC1)c1ccn[nH]1. The normalized spacial score (nSPS) is 22.0. The van der Waals surface area contributed by atoms with Gasteiger partial charge in [-0.3, -0.25) is 14.8 Å². The number of esters is 1. The van der Waals surface area contributed by atoms with Gasteiger partial charge in [0.2, 0.25) is 6.61 Å². The molecule has 184 valence electrons. The van der Waals surface area contributed by atoms with Crippen LogP contribution >= 0.6 is 0 Å². The maximum Gasteiger partial charge on any atom is 0.411 e. The second-order valence-electron chi connectivity index (χ2n) is 8.69. The van der Waals surface area contributed by atoms with Crippen molar-refractivity contribution < 1.29 is 28.7 Å². The highest BCUT2D eigenvalue weighted by Crippen LogP contribution is 2.44. The molecule has 0 bridgehead atoms. The number of benzene rings is 1. The van der Waals surface area contributed by atoms with Gasteiger partial charge in [-0.25, -0.2) is 9.59 Å². The minimum absolute atomic E-state index is 0.0237. The fourth-order valence-corrected chi connectivity index (χ4v) is 5.09. The molecular formula is C24H27N5O6. The van der Waals surface area contributed by atoms with Gasteiger partial charge in [0.1, 0.15) is 6.10 Å². The molecular weight excluding hydrogens is 454 g/mol. The number of H-pyrrole nitrogens is 1. The van der Waals surface area contributed by atoms with Gasteiger partial charge in [0.05, 0.1) is 18.3 Å².